The third-order valence-corrected chi connectivity index (χ3v) is 3.87. The van der Waals surface area contributed by atoms with Gasteiger partial charge in [0.25, 0.3) is 0 Å². The Labute approximate surface area is 104 Å². The van der Waals surface area contributed by atoms with Crippen LogP contribution < -0.4 is 5.32 Å². The zero-order chi connectivity index (χ0) is 12.5. The highest BCUT2D eigenvalue weighted by molar-refractivity contribution is 5.78. The molecule has 4 nitrogen and oxygen atoms in total. The minimum absolute atomic E-state index is 0.173. The molecule has 17 heavy (non-hydrogen) atoms. The second-order valence-corrected chi connectivity index (χ2v) is 6.26. The molecule has 2 rings (SSSR count). The SMILES string of the molecule is CC(C)(C)C1CC(=O)N(CC2CNCCO2)C1. The number of nitrogens with zero attached hydrogens (tertiary/aromatic N) is 1. The fourth-order valence-corrected chi connectivity index (χ4v) is 2.51. The van der Waals surface area contributed by atoms with Crippen LogP contribution in [0.2, 0.25) is 0 Å². The zero-order valence-electron chi connectivity index (χ0n) is 11.2. The first-order valence-electron chi connectivity index (χ1n) is 6.57. The first-order chi connectivity index (χ1) is 7.97. The summed E-state index contributed by atoms with van der Waals surface area (Å²) in [7, 11) is 0. The molecule has 2 unspecified atom stereocenters. The number of rotatable bonds is 2. The van der Waals surface area contributed by atoms with Crippen molar-refractivity contribution in [1.82, 2.24) is 10.2 Å². The second-order valence-electron chi connectivity index (χ2n) is 6.26. The van der Waals surface area contributed by atoms with Gasteiger partial charge in [-0.2, -0.15) is 0 Å². The molecule has 0 saturated carbocycles. The van der Waals surface area contributed by atoms with Crippen LogP contribution in [0.4, 0.5) is 0 Å². The Morgan fingerprint density at radius 1 is 1.47 bits per heavy atom. The Morgan fingerprint density at radius 2 is 2.24 bits per heavy atom. The largest absolute Gasteiger partial charge is 0.374 e. The molecule has 4 heteroatoms. The molecule has 0 aromatic rings. The monoisotopic (exact) mass is 240 g/mol. The molecule has 0 aromatic heterocycles. The molecule has 0 bridgehead atoms. The maximum Gasteiger partial charge on any atom is 0.223 e. The second kappa shape index (κ2) is 4.94. The van der Waals surface area contributed by atoms with Gasteiger partial charge >= 0.3 is 0 Å². The van der Waals surface area contributed by atoms with Gasteiger partial charge in [-0.15, -0.1) is 0 Å². The third-order valence-electron chi connectivity index (χ3n) is 3.87. The number of carbonyl (C=O) groups is 1. The molecule has 2 aliphatic rings. The molecule has 0 aromatic carbocycles. The van der Waals surface area contributed by atoms with E-state index in [1.54, 1.807) is 0 Å². The fraction of sp³-hybridized carbons (Fsp3) is 0.923. The molecule has 2 saturated heterocycles. The first-order valence-corrected chi connectivity index (χ1v) is 6.57. The molecule has 0 aliphatic carbocycles. The predicted molar refractivity (Wildman–Crippen MR) is 66.8 cm³/mol. The molecular formula is C13H24N2O2. The van der Waals surface area contributed by atoms with Crippen molar-refractivity contribution < 1.29 is 9.53 Å². The van der Waals surface area contributed by atoms with Gasteiger partial charge in [-0.05, 0) is 11.3 Å². The highest BCUT2D eigenvalue weighted by atomic mass is 16.5. The van der Waals surface area contributed by atoms with Crippen LogP contribution in [-0.2, 0) is 9.53 Å². The summed E-state index contributed by atoms with van der Waals surface area (Å²) < 4.78 is 5.65. The Balaban J connectivity index is 1.87. The van der Waals surface area contributed by atoms with Gasteiger partial charge in [-0.3, -0.25) is 4.79 Å². The standard InChI is InChI=1S/C13H24N2O2/c1-13(2,3)10-6-12(16)15(8-10)9-11-7-14-4-5-17-11/h10-11,14H,4-9H2,1-3H3. The van der Waals surface area contributed by atoms with Crippen LogP contribution in [0, 0.1) is 11.3 Å². The van der Waals surface area contributed by atoms with Crippen LogP contribution in [0.1, 0.15) is 27.2 Å². The summed E-state index contributed by atoms with van der Waals surface area (Å²) in [6.07, 6.45) is 0.871. The van der Waals surface area contributed by atoms with Crippen LogP contribution in [0.5, 0.6) is 0 Å². The van der Waals surface area contributed by atoms with Crippen molar-refractivity contribution in [3.8, 4) is 0 Å². The van der Waals surface area contributed by atoms with Crippen molar-refractivity contribution in [3.05, 3.63) is 0 Å². The smallest absolute Gasteiger partial charge is 0.223 e. The fourth-order valence-electron chi connectivity index (χ4n) is 2.51. The first kappa shape index (κ1) is 12.8. The van der Waals surface area contributed by atoms with E-state index in [-0.39, 0.29) is 11.5 Å². The van der Waals surface area contributed by atoms with Crippen LogP contribution in [0.3, 0.4) is 0 Å². The molecule has 1 amide bonds. The van der Waals surface area contributed by atoms with Crippen molar-refractivity contribution >= 4 is 5.91 Å². The van der Waals surface area contributed by atoms with E-state index in [0.717, 1.165) is 32.8 Å². The van der Waals surface area contributed by atoms with E-state index in [9.17, 15) is 4.79 Å². The quantitative estimate of drug-likeness (QED) is 0.778. The van der Waals surface area contributed by atoms with Gasteiger partial charge in [0.05, 0.1) is 12.7 Å². The summed E-state index contributed by atoms with van der Waals surface area (Å²) >= 11 is 0. The van der Waals surface area contributed by atoms with Crippen LogP contribution in [-0.4, -0.2) is 49.7 Å². The molecule has 2 aliphatic heterocycles. The van der Waals surface area contributed by atoms with Crippen molar-refractivity contribution in [2.24, 2.45) is 11.3 Å². The summed E-state index contributed by atoms with van der Waals surface area (Å²) in [5.74, 6) is 0.769. The number of nitrogens with one attached hydrogen (secondary N) is 1. The minimum Gasteiger partial charge on any atom is -0.374 e. The van der Waals surface area contributed by atoms with Gasteiger partial charge in [-0.1, -0.05) is 20.8 Å². The number of likely N-dealkylation sites (tertiary alicyclic amines) is 1. The number of hydrogen-bond donors (Lipinski definition) is 1. The number of carbonyl (C=O) groups excluding carboxylic acids is 1. The molecule has 2 heterocycles. The predicted octanol–water partition coefficient (Wildman–Crippen LogP) is 0.869. The van der Waals surface area contributed by atoms with E-state index in [0.29, 0.717) is 18.2 Å². The molecule has 0 spiro atoms. The molecule has 1 N–H and O–H groups in total. The maximum absolute atomic E-state index is 12.0. The van der Waals surface area contributed by atoms with Crippen LogP contribution in [0.25, 0.3) is 0 Å². The normalized spacial score (nSPS) is 31.0. The Bertz CT molecular complexity index is 280. The summed E-state index contributed by atoms with van der Waals surface area (Å²) in [5, 5.41) is 3.30. The van der Waals surface area contributed by atoms with Gasteiger partial charge < -0.3 is 15.0 Å². The van der Waals surface area contributed by atoms with E-state index in [1.807, 2.05) is 4.90 Å². The highest BCUT2D eigenvalue weighted by Crippen LogP contribution is 2.34. The molecular weight excluding hydrogens is 216 g/mol. The summed E-state index contributed by atoms with van der Waals surface area (Å²) in [6, 6.07) is 0. The number of amides is 1. The van der Waals surface area contributed by atoms with Crippen molar-refractivity contribution in [2.45, 2.75) is 33.3 Å². The van der Waals surface area contributed by atoms with Crippen LogP contribution in [0.15, 0.2) is 0 Å². The third kappa shape index (κ3) is 3.19. The van der Waals surface area contributed by atoms with Gasteiger partial charge in [0, 0.05) is 32.6 Å². The topological polar surface area (TPSA) is 41.6 Å². The Kier molecular flexibility index (Phi) is 3.73. The summed E-state index contributed by atoms with van der Waals surface area (Å²) in [4.78, 5) is 13.9. The van der Waals surface area contributed by atoms with Gasteiger partial charge in [0.1, 0.15) is 0 Å². The molecule has 2 atom stereocenters. The molecule has 0 radical (unpaired) electrons. The zero-order valence-corrected chi connectivity index (χ0v) is 11.2. The average Bonchev–Trinajstić information content (AvgIpc) is 2.62. The minimum atomic E-state index is 0.173. The van der Waals surface area contributed by atoms with Crippen LogP contribution >= 0.6 is 0 Å². The number of ether oxygens (including phenoxy) is 1. The lowest BCUT2D eigenvalue weighted by molar-refractivity contribution is -0.129. The van der Waals surface area contributed by atoms with Crippen molar-refractivity contribution in [2.75, 3.05) is 32.8 Å². The lowest BCUT2D eigenvalue weighted by Gasteiger charge is -2.30. The van der Waals surface area contributed by atoms with E-state index in [2.05, 4.69) is 26.1 Å². The lowest BCUT2D eigenvalue weighted by atomic mass is 9.80. The number of hydrogen-bond acceptors (Lipinski definition) is 3. The van der Waals surface area contributed by atoms with Gasteiger partial charge in [0.15, 0.2) is 0 Å². The highest BCUT2D eigenvalue weighted by Gasteiger charge is 2.37. The Hall–Kier alpha value is -0.610. The van der Waals surface area contributed by atoms with Crippen molar-refractivity contribution in [1.29, 1.82) is 0 Å². The van der Waals surface area contributed by atoms with Gasteiger partial charge in [-0.25, -0.2) is 0 Å². The number of morpholine rings is 1. The van der Waals surface area contributed by atoms with E-state index < -0.39 is 0 Å². The van der Waals surface area contributed by atoms with E-state index >= 15 is 0 Å². The Morgan fingerprint density at radius 3 is 2.76 bits per heavy atom. The molecule has 98 valence electrons. The maximum atomic E-state index is 12.0. The van der Waals surface area contributed by atoms with Gasteiger partial charge in [0.2, 0.25) is 5.91 Å². The average molecular weight is 240 g/mol. The summed E-state index contributed by atoms with van der Waals surface area (Å²) in [5.41, 5.74) is 0.218. The van der Waals surface area contributed by atoms with E-state index in [1.165, 1.54) is 0 Å². The van der Waals surface area contributed by atoms with E-state index in [4.69, 9.17) is 4.74 Å². The lowest BCUT2D eigenvalue weighted by Crippen LogP contribution is -2.45. The molecule has 2 fully saturated rings. The summed E-state index contributed by atoms with van der Waals surface area (Å²) in [6.45, 7) is 10.8. The van der Waals surface area contributed by atoms with Crippen molar-refractivity contribution in [3.63, 3.8) is 0 Å².